The summed E-state index contributed by atoms with van der Waals surface area (Å²) in [4.78, 5) is 0. The van der Waals surface area contributed by atoms with Gasteiger partial charge in [0.25, 0.3) is 0 Å². The van der Waals surface area contributed by atoms with Crippen LogP contribution < -0.4 is 5.32 Å². The van der Waals surface area contributed by atoms with Crippen LogP contribution in [0.25, 0.3) is 0 Å². The lowest BCUT2D eigenvalue weighted by Gasteiger charge is -2.30. The molecule has 1 rings (SSSR count). The first-order chi connectivity index (χ1) is 6.76. The van der Waals surface area contributed by atoms with Crippen molar-refractivity contribution in [2.45, 2.75) is 64.8 Å². The van der Waals surface area contributed by atoms with E-state index in [1.807, 2.05) is 0 Å². The molecule has 2 atom stereocenters. The first kappa shape index (κ1) is 12.0. The van der Waals surface area contributed by atoms with E-state index in [0.717, 1.165) is 17.9 Å². The lowest BCUT2D eigenvalue weighted by atomic mass is 9.79. The van der Waals surface area contributed by atoms with Crippen LogP contribution >= 0.6 is 0 Å². The lowest BCUT2D eigenvalue weighted by molar-refractivity contribution is 0.245. The minimum Gasteiger partial charge on any atom is -0.317 e. The number of hydrogen-bond donors (Lipinski definition) is 1. The quantitative estimate of drug-likeness (QED) is 0.657. The van der Waals surface area contributed by atoms with Crippen LogP contribution in [0.3, 0.4) is 0 Å². The van der Waals surface area contributed by atoms with Gasteiger partial charge < -0.3 is 5.32 Å². The van der Waals surface area contributed by atoms with E-state index in [1.165, 1.54) is 44.9 Å². The monoisotopic (exact) mass is 197 g/mol. The van der Waals surface area contributed by atoms with Crippen molar-refractivity contribution in [3.8, 4) is 0 Å². The van der Waals surface area contributed by atoms with Gasteiger partial charge in [-0.15, -0.1) is 0 Å². The highest BCUT2D eigenvalue weighted by atomic mass is 14.9. The van der Waals surface area contributed by atoms with Gasteiger partial charge in [0.2, 0.25) is 0 Å². The molecule has 1 heteroatoms. The van der Waals surface area contributed by atoms with Gasteiger partial charge in [-0.05, 0) is 31.7 Å². The minimum atomic E-state index is 0.779. The van der Waals surface area contributed by atoms with Crippen molar-refractivity contribution in [3.63, 3.8) is 0 Å². The molecule has 0 heterocycles. The van der Waals surface area contributed by atoms with Crippen LogP contribution in [-0.4, -0.2) is 13.1 Å². The Kier molecular flexibility index (Phi) is 5.54. The Morgan fingerprint density at radius 3 is 2.50 bits per heavy atom. The normalized spacial score (nSPS) is 21.6. The van der Waals surface area contributed by atoms with Crippen molar-refractivity contribution >= 4 is 0 Å². The molecule has 1 saturated carbocycles. The average Bonchev–Trinajstić information content (AvgIpc) is 2.09. The van der Waals surface area contributed by atoms with Crippen LogP contribution in [0.2, 0.25) is 0 Å². The van der Waals surface area contributed by atoms with E-state index >= 15 is 0 Å². The summed E-state index contributed by atoms with van der Waals surface area (Å²) in [6, 6.07) is 0.779. The van der Waals surface area contributed by atoms with Crippen LogP contribution in [0.5, 0.6) is 0 Å². The molecule has 1 fully saturated rings. The molecule has 0 aromatic heterocycles. The van der Waals surface area contributed by atoms with Gasteiger partial charge in [-0.3, -0.25) is 0 Å². The Hall–Kier alpha value is -0.0400. The molecule has 1 N–H and O–H groups in total. The van der Waals surface area contributed by atoms with Crippen molar-refractivity contribution < 1.29 is 0 Å². The van der Waals surface area contributed by atoms with E-state index in [1.54, 1.807) is 0 Å². The molecule has 0 spiro atoms. The Morgan fingerprint density at radius 1 is 1.36 bits per heavy atom. The van der Waals surface area contributed by atoms with E-state index in [4.69, 9.17) is 0 Å². The van der Waals surface area contributed by atoms with Gasteiger partial charge in [0.1, 0.15) is 0 Å². The van der Waals surface area contributed by atoms with Crippen LogP contribution in [-0.2, 0) is 0 Å². The first-order valence-electron chi connectivity index (χ1n) is 6.43. The van der Waals surface area contributed by atoms with E-state index in [-0.39, 0.29) is 0 Å². The van der Waals surface area contributed by atoms with Crippen molar-refractivity contribution in [2.75, 3.05) is 7.05 Å². The van der Waals surface area contributed by atoms with Crippen molar-refractivity contribution in [1.29, 1.82) is 0 Å². The van der Waals surface area contributed by atoms with E-state index in [0.29, 0.717) is 0 Å². The second kappa shape index (κ2) is 6.44. The van der Waals surface area contributed by atoms with Crippen molar-refractivity contribution in [1.82, 2.24) is 5.32 Å². The summed E-state index contributed by atoms with van der Waals surface area (Å²) in [7, 11) is 2.13. The predicted molar refractivity (Wildman–Crippen MR) is 63.5 cm³/mol. The molecule has 14 heavy (non-hydrogen) atoms. The maximum Gasteiger partial charge on any atom is 0.00692 e. The molecule has 0 saturated heterocycles. The molecule has 1 nitrogen and oxygen atoms in total. The topological polar surface area (TPSA) is 12.0 Å². The number of nitrogens with one attached hydrogen (secondary N) is 1. The standard InChI is InChI=1S/C13H27N/c1-4-6-11(2)9-13(14-3)10-12-7-5-8-12/h11-14H,4-10H2,1-3H3. The van der Waals surface area contributed by atoms with Crippen LogP contribution in [0.15, 0.2) is 0 Å². The highest BCUT2D eigenvalue weighted by Crippen LogP contribution is 2.31. The van der Waals surface area contributed by atoms with E-state index in [2.05, 4.69) is 26.2 Å². The van der Waals surface area contributed by atoms with Crippen LogP contribution in [0.4, 0.5) is 0 Å². The van der Waals surface area contributed by atoms with Gasteiger partial charge in [-0.2, -0.15) is 0 Å². The maximum atomic E-state index is 3.49. The zero-order valence-corrected chi connectivity index (χ0v) is 10.2. The first-order valence-corrected chi connectivity index (χ1v) is 6.43. The fourth-order valence-electron chi connectivity index (χ4n) is 2.56. The Balaban J connectivity index is 2.15. The lowest BCUT2D eigenvalue weighted by Crippen LogP contribution is -2.31. The molecule has 2 unspecified atom stereocenters. The maximum absolute atomic E-state index is 3.49. The summed E-state index contributed by atoms with van der Waals surface area (Å²) in [5.41, 5.74) is 0. The molecular weight excluding hydrogens is 170 g/mol. The summed E-state index contributed by atoms with van der Waals surface area (Å²) < 4.78 is 0. The van der Waals surface area contributed by atoms with Gasteiger partial charge >= 0.3 is 0 Å². The Labute approximate surface area is 89.7 Å². The molecule has 84 valence electrons. The Morgan fingerprint density at radius 2 is 2.07 bits per heavy atom. The predicted octanol–water partition coefficient (Wildman–Crippen LogP) is 3.59. The molecule has 1 aliphatic rings. The molecule has 0 aromatic rings. The minimum absolute atomic E-state index is 0.779. The third-order valence-corrected chi connectivity index (χ3v) is 3.72. The summed E-state index contributed by atoms with van der Waals surface area (Å²) in [5, 5.41) is 3.49. The summed E-state index contributed by atoms with van der Waals surface area (Å²) in [5.74, 6) is 1.94. The summed E-state index contributed by atoms with van der Waals surface area (Å²) in [6.45, 7) is 4.69. The fourth-order valence-corrected chi connectivity index (χ4v) is 2.56. The molecule has 0 aromatic carbocycles. The van der Waals surface area contributed by atoms with Gasteiger partial charge in [0.15, 0.2) is 0 Å². The number of hydrogen-bond acceptors (Lipinski definition) is 1. The van der Waals surface area contributed by atoms with Crippen LogP contribution in [0, 0.1) is 11.8 Å². The van der Waals surface area contributed by atoms with E-state index < -0.39 is 0 Å². The van der Waals surface area contributed by atoms with Gasteiger partial charge in [-0.1, -0.05) is 46.0 Å². The van der Waals surface area contributed by atoms with Crippen molar-refractivity contribution in [2.24, 2.45) is 11.8 Å². The average molecular weight is 197 g/mol. The summed E-state index contributed by atoms with van der Waals surface area (Å²) in [6.07, 6.45) is 9.97. The largest absolute Gasteiger partial charge is 0.317 e. The summed E-state index contributed by atoms with van der Waals surface area (Å²) >= 11 is 0. The third-order valence-electron chi connectivity index (χ3n) is 3.72. The van der Waals surface area contributed by atoms with Gasteiger partial charge in [-0.25, -0.2) is 0 Å². The highest BCUT2D eigenvalue weighted by Gasteiger charge is 2.22. The SMILES string of the molecule is CCCC(C)CC(CC1CCC1)NC. The van der Waals surface area contributed by atoms with Crippen LogP contribution in [0.1, 0.15) is 58.8 Å². The molecular formula is C13H27N. The molecule has 0 aliphatic heterocycles. The molecule has 0 amide bonds. The Bertz CT molecular complexity index is 140. The van der Waals surface area contributed by atoms with E-state index in [9.17, 15) is 0 Å². The fraction of sp³-hybridized carbons (Fsp3) is 1.00. The second-order valence-corrected chi connectivity index (χ2v) is 5.15. The van der Waals surface area contributed by atoms with Gasteiger partial charge in [0, 0.05) is 6.04 Å². The third kappa shape index (κ3) is 4.00. The molecule has 0 bridgehead atoms. The zero-order valence-electron chi connectivity index (χ0n) is 10.2. The van der Waals surface area contributed by atoms with Crippen molar-refractivity contribution in [3.05, 3.63) is 0 Å². The zero-order chi connectivity index (χ0) is 10.4. The number of rotatable bonds is 7. The smallest absolute Gasteiger partial charge is 0.00692 e. The highest BCUT2D eigenvalue weighted by molar-refractivity contribution is 4.77. The molecule has 1 aliphatic carbocycles. The van der Waals surface area contributed by atoms with Gasteiger partial charge in [0.05, 0.1) is 0 Å². The molecule has 0 radical (unpaired) electrons. The second-order valence-electron chi connectivity index (χ2n) is 5.15.